The number of methoxy groups -OCH3 is 3. The zero-order chi connectivity index (χ0) is 26.3. The number of ether oxygens (including phenoxy) is 3. The molecule has 37 heavy (non-hydrogen) atoms. The van der Waals surface area contributed by atoms with Crippen LogP contribution in [0.4, 0.5) is 0 Å². The third-order valence-electron chi connectivity index (χ3n) is 6.78. The number of benzene rings is 3. The van der Waals surface area contributed by atoms with Crippen molar-refractivity contribution in [2.45, 2.75) is 17.2 Å². The molecule has 0 radical (unpaired) electrons. The third kappa shape index (κ3) is 4.30. The Kier molecular flexibility index (Phi) is 6.56. The molecule has 0 aromatic heterocycles. The maximum Gasteiger partial charge on any atom is 0.207 e. The standard InChI is InChI=1S/C28H27ClN2O5S/c1-34-20-8-4-6-17(12-20)23-15-24-22-16-26(36-3)25(35-2)13-18(22)10-11-31(24)28(30)27(23)37(32,33)21-9-5-7-19(29)14-21/h4-9,12-16,23H,10-11,30H2,1-3H3/t23-/m1/s1. The number of allylic oxidation sites excluding steroid dienone is 2. The maximum atomic E-state index is 14.1. The van der Waals surface area contributed by atoms with Gasteiger partial charge in [-0.05, 0) is 66.1 Å². The normalized spacial score (nSPS) is 17.0. The van der Waals surface area contributed by atoms with Crippen molar-refractivity contribution in [1.82, 2.24) is 4.90 Å². The van der Waals surface area contributed by atoms with Crippen LogP contribution in [0.2, 0.25) is 5.02 Å². The fraction of sp³-hybridized carbons (Fsp3) is 0.214. The Hall–Kier alpha value is -3.62. The van der Waals surface area contributed by atoms with Gasteiger partial charge in [0, 0.05) is 28.7 Å². The largest absolute Gasteiger partial charge is 0.497 e. The quantitative estimate of drug-likeness (QED) is 0.474. The van der Waals surface area contributed by atoms with Crippen molar-refractivity contribution in [3.63, 3.8) is 0 Å². The highest BCUT2D eigenvalue weighted by Crippen LogP contribution is 2.47. The SMILES string of the molecule is COc1cccc([C@H]2C=C3c4cc(OC)c(OC)cc4CCN3C(N)=C2S(=O)(=O)c2cccc(Cl)c2)c1. The molecule has 0 saturated carbocycles. The summed E-state index contributed by atoms with van der Waals surface area (Å²) in [5, 5.41) is 0.332. The van der Waals surface area contributed by atoms with Crippen LogP contribution in [0, 0.1) is 0 Å². The fourth-order valence-corrected chi connectivity index (χ4v) is 6.94. The van der Waals surface area contributed by atoms with Crippen molar-refractivity contribution < 1.29 is 22.6 Å². The van der Waals surface area contributed by atoms with Gasteiger partial charge in [-0.2, -0.15) is 0 Å². The molecule has 3 aromatic rings. The van der Waals surface area contributed by atoms with E-state index >= 15 is 0 Å². The van der Waals surface area contributed by atoms with Crippen molar-refractivity contribution >= 4 is 27.1 Å². The van der Waals surface area contributed by atoms with Crippen molar-refractivity contribution in [1.29, 1.82) is 0 Å². The van der Waals surface area contributed by atoms with E-state index < -0.39 is 15.8 Å². The first-order valence-corrected chi connectivity index (χ1v) is 13.5. The molecule has 2 heterocycles. The summed E-state index contributed by atoms with van der Waals surface area (Å²) in [5.74, 6) is 1.37. The average molecular weight is 539 g/mol. The molecule has 3 aromatic carbocycles. The molecule has 0 fully saturated rings. The van der Waals surface area contributed by atoms with Crippen LogP contribution < -0.4 is 19.9 Å². The molecule has 2 N–H and O–H groups in total. The van der Waals surface area contributed by atoms with Crippen LogP contribution in [0.3, 0.4) is 0 Å². The van der Waals surface area contributed by atoms with E-state index in [0.29, 0.717) is 35.2 Å². The summed E-state index contributed by atoms with van der Waals surface area (Å²) in [7, 11) is 0.760. The summed E-state index contributed by atoms with van der Waals surface area (Å²) in [5.41, 5.74) is 10.3. The van der Waals surface area contributed by atoms with Gasteiger partial charge in [-0.1, -0.05) is 29.8 Å². The van der Waals surface area contributed by atoms with Crippen molar-refractivity contribution in [2.75, 3.05) is 27.9 Å². The summed E-state index contributed by atoms with van der Waals surface area (Å²) >= 11 is 6.17. The Labute approximate surface area is 221 Å². The predicted octanol–water partition coefficient (Wildman–Crippen LogP) is 4.96. The van der Waals surface area contributed by atoms with Crippen molar-refractivity contribution in [3.8, 4) is 17.2 Å². The molecule has 0 aliphatic carbocycles. The van der Waals surface area contributed by atoms with E-state index in [1.165, 1.54) is 12.1 Å². The van der Waals surface area contributed by atoms with Gasteiger partial charge in [-0.25, -0.2) is 8.42 Å². The molecule has 2 aliphatic rings. The highest BCUT2D eigenvalue weighted by Gasteiger charge is 2.39. The number of nitrogens with zero attached hydrogens (tertiary/aromatic N) is 1. The number of hydrogen-bond acceptors (Lipinski definition) is 7. The molecule has 0 saturated heterocycles. The van der Waals surface area contributed by atoms with Crippen LogP contribution in [0.5, 0.6) is 17.2 Å². The predicted molar refractivity (Wildman–Crippen MR) is 144 cm³/mol. The van der Waals surface area contributed by atoms with E-state index in [0.717, 1.165) is 22.4 Å². The number of halogens is 1. The molecular weight excluding hydrogens is 512 g/mol. The van der Waals surface area contributed by atoms with Crippen LogP contribution in [-0.4, -0.2) is 41.2 Å². The lowest BCUT2D eigenvalue weighted by molar-refractivity contribution is 0.353. The third-order valence-corrected chi connectivity index (χ3v) is 8.93. The van der Waals surface area contributed by atoms with Gasteiger partial charge in [0.1, 0.15) is 16.5 Å². The first kappa shape index (κ1) is 25.0. The summed E-state index contributed by atoms with van der Waals surface area (Å²) in [6, 6.07) is 17.5. The smallest absolute Gasteiger partial charge is 0.207 e. The molecule has 9 heteroatoms. The monoisotopic (exact) mass is 538 g/mol. The van der Waals surface area contributed by atoms with Crippen LogP contribution >= 0.6 is 11.6 Å². The second kappa shape index (κ2) is 9.68. The topological polar surface area (TPSA) is 91.1 Å². The molecule has 0 bridgehead atoms. The molecule has 0 amide bonds. The number of rotatable bonds is 6. The first-order valence-electron chi connectivity index (χ1n) is 11.7. The molecule has 5 rings (SSSR count). The maximum absolute atomic E-state index is 14.1. The summed E-state index contributed by atoms with van der Waals surface area (Å²) in [6.45, 7) is 0.513. The van der Waals surface area contributed by atoms with Crippen LogP contribution in [0.1, 0.15) is 22.6 Å². The Morgan fingerprint density at radius 2 is 1.68 bits per heavy atom. The second-order valence-electron chi connectivity index (χ2n) is 8.78. The zero-order valence-electron chi connectivity index (χ0n) is 20.7. The van der Waals surface area contributed by atoms with Gasteiger partial charge in [0.2, 0.25) is 9.84 Å². The average Bonchev–Trinajstić information content (AvgIpc) is 2.91. The van der Waals surface area contributed by atoms with Crippen LogP contribution in [0.15, 0.2) is 82.4 Å². The van der Waals surface area contributed by atoms with E-state index in [9.17, 15) is 8.42 Å². The van der Waals surface area contributed by atoms with Gasteiger partial charge in [0.05, 0.1) is 26.2 Å². The Morgan fingerprint density at radius 3 is 2.38 bits per heavy atom. The number of sulfone groups is 1. The summed E-state index contributed by atoms with van der Waals surface area (Å²) in [6.07, 6.45) is 2.61. The fourth-order valence-electron chi connectivity index (χ4n) is 4.97. The van der Waals surface area contributed by atoms with E-state index in [1.807, 2.05) is 47.4 Å². The first-order chi connectivity index (χ1) is 17.8. The molecule has 192 valence electrons. The lowest BCUT2D eigenvalue weighted by atomic mass is 9.88. The molecule has 7 nitrogen and oxygen atoms in total. The summed E-state index contributed by atoms with van der Waals surface area (Å²) < 4.78 is 44.6. The van der Waals surface area contributed by atoms with E-state index in [2.05, 4.69) is 0 Å². The summed E-state index contributed by atoms with van der Waals surface area (Å²) in [4.78, 5) is 2.06. The van der Waals surface area contributed by atoms with Gasteiger partial charge in [0.15, 0.2) is 11.5 Å². The highest BCUT2D eigenvalue weighted by atomic mass is 35.5. The van der Waals surface area contributed by atoms with E-state index in [1.54, 1.807) is 33.5 Å². The van der Waals surface area contributed by atoms with Gasteiger partial charge in [0.25, 0.3) is 0 Å². The Balaban J connectivity index is 1.75. The van der Waals surface area contributed by atoms with Gasteiger partial charge < -0.3 is 24.8 Å². The van der Waals surface area contributed by atoms with Gasteiger partial charge in [-0.3, -0.25) is 0 Å². The molecule has 2 aliphatic heterocycles. The Bertz CT molecular complexity index is 1550. The molecular formula is C28H27ClN2O5S. The molecule has 0 unspecified atom stereocenters. The minimum Gasteiger partial charge on any atom is -0.497 e. The zero-order valence-corrected chi connectivity index (χ0v) is 22.3. The van der Waals surface area contributed by atoms with Gasteiger partial charge in [-0.15, -0.1) is 0 Å². The molecule has 1 atom stereocenters. The number of fused-ring (bicyclic) bond motifs is 3. The van der Waals surface area contributed by atoms with E-state index in [4.69, 9.17) is 31.5 Å². The number of hydrogen-bond donors (Lipinski definition) is 1. The lowest BCUT2D eigenvalue weighted by Gasteiger charge is -2.39. The minimum atomic E-state index is -4.00. The number of nitrogens with two attached hydrogens (primary N) is 1. The Morgan fingerprint density at radius 1 is 0.946 bits per heavy atom. The lowest BCUT2D eigenvalue weighted by Crippen LogP contribution is -2.38. The highest BCUT2D eigenvalue weighted by molar-refractivity contribution is 7.95. The van der Waals surface area contributed by atoms with E-state index in [-0.39, 0.29) is 15.6 Å². The second-order valence-corrected chi connectivity index (χ2v) is 11.1. The van der Waals surface area contributed by atoms with Crippen molar-refractivity contribution in [2.24, 2.45) is 5.73 Å². The minimum absolute atomic E-state index is 0.0894. The van der Waals surface area contributed by atoms with Crippen LogP contribution in [-0.2, 0) is 16.3 Å². The van der Waals surface area contributed by atoms with Gasteiger partial charge >= 0.3 is 0 Å². The molecule has 0 spiro atoms. The van der Waals surface area contributed by atoms with Crippen LogP contribution in [0.25, 0.3) is 5.70 Å². The van der Waals surface area contributed by atoms with Crippen molar-refractivity contribution in [3.05, 3.63) is 99.2 Å².